The zero-order valence-corrected chi connectivity index (χ0v) is 11.9. The van der Waals surface area contributed by atoms with Gasteiger partial charge in [0.2, 0.25) is 0 Å². The third-order valence-corrected chi connectivity index (χ3v) is 2.98. The molecule has 16 heavy (non-hydrogen) atoms. The molecule has 0 unspecified atom stereocenters. The predicted molar refractivity (Wildman–Crippen MR) is 68.7 cm³/mol. The third-order valence-electron chi connectivity index (χ3n) is 2.10. The molecule has 1 aromatic rings. The fourth-order valence-electron chi connectivity index (χ4n) is 1.35. The number of aliphatic hydroxyl groups is 1. The van der Waals surface area contributed by atoms with E-state index in [0.29, 0.717) is 5.82 Å². The van der Waals surface area contributed by atoms with Crippen LogP contribution in [0, 0.1) is 11.5 Å². The first-order valence-electron chi connectivity index (χ1n) is 5.39. The van der Waals surface area contributed by atoms with Crippen LogP contribution < -0.4 is 0 Å². The maximum Gasteiger partial charge on any atom is 0.140 e. The fourth-order valence-corrected chi connectivity index (χ4v) is 1.85. The molecule has 1 rings (SSSR count). The van der Waals surface area contributed by atoms with Crippen molar-refractivity contribution in [2.45, 2.75) is 39.1 Å². The molecule has 0 aliphatic rings. The van der Waals surface area contributed by atoms with E-state index in [-0.39, 0.29) is 0 Å². The van der Waals surface area contributed by atoms with Crippen LogP contribution in [-0.4, -0.2) is 22.7 Å². The lowest BCUT2D eigenvalue weighted by atomic mass is 10.1. The first-order chi connectivity index (χ1) is 7.11. The summed E-state index contributed by atoms with van der Waals surface area (Å²) in [5.74, 6) is 3.79. The molecule has 0 spiro atoms. The van der Waals surface area contributed by atoms with Gasteiger partial charge >= 0.3 is 0 Å². The minimum Gasteiger partial charge on any atom is -0.383 e. The highest BCUT2D eigenvalue weighted by molar-refractivity contribution is 6.83. The summed E-state index contributed by atoms with van der Waals surface area (Å²) in [4.78, 5) is 4.21. The molecule has 0 atom stereocenters. The van der Waals surface area contributed by atoms with Gasteiger partial charge in [-0.05, 0) is 13.8 Å². The van der Waals surface area contributed by atoms with Crippen LogP contribution in [0.2, 0.25) is 19.6 Å². The molecule has 0 fully saturated rings. The zero-order chi connectivity index (χ0) is 12.6. The second kappa shape index (κ2) is 4.08. The highest BCUT2D eigenvalue weighted by atomic mass is 28.3. The van der Waals surface area contributed by atoms with Crippen LogP contribution in [0.4, 0.5) is 0 Å². The molecule has 1 heterocycles. The summed E-state index contributed by atoms with van der Waals surface area (Å²) in [5.41, 5.74) is 3.23. The van der Waals surface area contributed by atoms with Crippen molar-refractivity contribution in [2.75, 3.05) is 0 Å². The topological polar surface area (TPSA) is 38.0 Å². The summed E-state index contributed by atoms with van der Waals surface area (Å²) in [5, 5.41) is 9.89. The zero-order valence-electron chi connectivity index (χ0n) is 10.9. The summed E-state index contributed by atoms with van der Waals surface area (Å²) >= 11 is 0. The Hall–Kier alpha value is -1.05. The van der Waals surface area contributed by atoms with Crippen molar-refractivity contribution in [3.63, 3.8) is 0 Å². The van der Waals surface area contributed by atoms with E-state index in [2.05, 4.69) is 36.1 Å². The Labute approximate surface area is 98.5 Å². The second-order valence-corrected chi connectivity index (χ2v) is 10.3. The Bertz CT molecular complexity index is 438. The van der Waals surface area contributed by atoms with E-state index >= 15 is 0 Å². The SMILES string of the molecule is Cn1c(C#C[Si](C)(C)C)cnc1C(C)(C)O. The van der Waals surface area contributed by atoms with Gasteiger partial charge in [-0.25, -0.2) is 4.98 Å². The number of nitrogens with zero attached hydrogens (tertiary/aromatic N) is 2. The van der Waals surface area contributed by atoms with Gasteiger partial charge in [0.15, 0.2) is 0 Å². The third kappa shape index (κ3) is 3.22. The molecule has 0 bridgehead atoms. The van der Waals surface area contributed by atoms with Crippen LogP contribution >= 0.6 is 0 Å². The molecular weight excluding hydrogens is 216 g/mol. The number of imidazole rings is 1. The number of aromatic nitrogens is 2. The minimum absolute atomic E-state index is 0.646. The summed E-state index contributed by atoms with van der Waals surface area (Å²) in [6.07, 6.45) is 1.72. The van der Waals surface area contributed by atoms with Crippen molar-refractivity contribution in [3.05, 3.63) is 17.7 Å². The Morgan fingerprint density at radius 3 is 2.31 bits per heavy atom. The summed E-state index contributed by atoms with van der Waals surface area (Å²) in [7, 11) is 0.519. The average Bonchev–Trinajstić information content (AvgIpc) is 2.41. The van der Waals surface area contributed by atoms with Gasteiger partial charge in [0.25, 0.3) is 0 Å². The van der Waals surface area contributed by atoms with Gasteiger partial charge in [0, 0.05) is 7.05 Å². The van der Waals surface area contributed by atoms with E-state index in [4.69, 9.17) is 0 Å². The van der Waals surface area contributed by atoms with Crippen LogP contribution in [0.3, 0.4) is 0 Å². The van der Waals surface area contributed by atoms with Gasteiger partial charge < -0.3 is 9.67 Å². The second-order valence-electron chi connectivity index (χ2n) is 5.59. The standard InChI is InChI=1S/C12H20N2OSi/c1-12(2,15)11-13-9-10(14(11)3)7-8-16(4,5)6/h9,15H,1-6H3. The maximum atomic E-state index is 9.89. The quantitative estimate of drug-likeness (QED) is 0.597. The Morgan fingerprint density at radius 2 is 1.94 bits per heavy atom. The van der Waals surface area contributed by atoms with Gasteiger partial charge in [-0.15, -0.1) is 5.54 Å². The van der Waals surface area contributed by atoms with Crippen LogP contribution in [0.5, 0.6) is 0 Å². The minimum atomic E-state index is -1.36. The van der Waals surface area contributed by atoms with Crippen molar-refractivity contribution in [3.8, 4) is 11.5 Å². The normalized spacial score (nSPS) is 12.2. The molecular formula is C12H20N2OSi. The highest BCUT2D eigenvalue weighted by Crippen LogP contribution is 2.18. The molecule has 0 aliphatic heterocycles. The van der Waals surface area contributed by atoms with E-state index in [0.717, 1.165) is 5.69 Å². The highest BCUT2D eigenvalue weighted by Gasteiger charge is 2.22. The van der Waals surface area contributed by atoms with E-state index in [1.54, 1.807) is 20.0 Å². The first kappa shape index (κ1) is 13.0. The van der Waals surface area contributed by atoms with Crippen LogP contribution in [0.25, 0.3) is 0 Å². The Morgan fingerprint density at radius 1 is 1.38 bits per heavy atom. The Kier molecular flexibility index (Phi) is 3.32. The maximum absolute atomic E-state index is 9.89. The lowest BCUT2D eigenvalue weighted by Crippen LogP contribution is -2.21. The molecule has 88 valence electrons. The molecule has 1 aromatic heterocycles. The van der Waals surface area contributed by atoms with Crippen molar-refractivity contribution in [1.82, 2.24) is 9.55 Å². The van der Waals surface area contributed by atoms with Gasteiger partial charge in [-0.1, -0.05) is 25.6 Å². The van der Waals surface area contributed by atoms with Crippen molar-refractivity contribution < 1.29 is 5.11 Å². The monoisotopic (exact) mass is 236 g/mol. The molecule has 0 saturated carbocycles. The van der Waals surface area contributed by atoms with Crippen LogP contribution in [0.1, 0.15) is 25.4 Å². The fraction of sp³-hybridized carbons (Fsp3) is 0.583. The number of rotatable bonds is 1. The lowest BCUT2D eigenvalue weighted by Gasteiger charge is -2.16. The molecule has 0 aliphatic carbocycles. The average molecular weight is 236 g/mol. The Balaban J connectivity index is 3.10. The van der Waals surface area contributed by atoms with E-state index < -0.39 is 13.7 Å². The number of hydrogen-bond acceptors (Lipinski definition) is 2. The molecule has 1 N–H and O–H groups in total. The van der Waals surface area contributed by atoms with Crippen LogP contribution in [-0.2, 0) is 12.6 Å². The van der Waals surface area contributed by atoms with Crippen molar-refractivity contribution in [1.29, 1.82) is 0 Å². The molecule has 0 aromatic carbocycles. The van der Waals surface area contributed by atoms with Gasteiger partial charge in [-0.2, -0.15) is 0 Å². The van der Waals surface area contributed by atoms with Crippen molar-refractivity contribution in [2.24, 2.45) is 7.05 Å². The predicted octanol–water partition coefficient (Wildman–Crippen LogP) is 1.88. The van der Waals surface area contributed by atoms with Gasteiger partial charge in [0.1, 0.15) is 25.2 Å². The van der Waals surface area contributed by atoms with Gasteiger partial charge in [0.05, 0.1) is 6.20 Å². The first-order valence-corrected chi connectivity index (χ1v) is 8.89. The van der Waals surface area contributed by atoms with E-state index in [9.17, 15) is 5.11 Å². The number of hydrogen-bond donors (Lipinski definition) is 1. The molecule has 0 amide bonds. The summed E-state index contributed by atoms with van der Waals surface area (Å²) in [6, 6.07) is 0. The molecule has 0 saturated heterocycles. The summed E-state index contributed by atoms with van der Waals surface area (Å²) < 4.78 is 1.85. The van der Waals surface area contributed by atoms with E-state index in [1.165, 1.54) is 0 Å². The molecule has 0 radical (unpaired) electrons. The smallest absolute Gasteiger partial charge is 0.140 e. The van der Waals surface area contributed by atoms with Gasteiger partial charge in [-0.3, -0.25) is 0 Å². The van der Waals surface area contributed by atoms with Crippen molar-refractivity contribution >= 4 is 8.07 Å². The summed E-state index contributed by atoms with van der Waals surface area (Å²) in [6.45, 7) is 10.1. The molecule has 3 nitrogen and oxygen atoms in total. The van der Waals surface area contributed by atoms with Crippen LogP contribution in [0.15, 0.2) is 6.20 Å². The molecule has 4 heteroatoms. The van der Waals surface area contributed by atoms with E-state index in [1.807, 2.05) is 11.6 Å². The lowest BCUT2D eigenvalue weighted by molar-refractivity contribution is 0.0658. The largest absolute Gasteiger partial charge is 0.383 e.